The van der Waals surface area contributed by atoms with Crippen LogP contribution in [0.5, 0.6) is 0 Å². The molecule has 0 unspecified atom stereocenters. The van der Waals surface area contributed by atoms with E-state index in [0.29, 0.717) is 18.0 Å². The van der Waals surface area contributed by atoms with Crippen LogP contribution in [0.4, 0.5) is 5.69 Å². The van der Waals surface area contributed by atoms with Crippen LogP contribution in [0.25, 0.3) is 0 Å². The molecule has 3 aromatic rings. The molecular formula is C22H24N2O2S. The highest BCUT2D eigenvalue weighted by molar-refractivity contribution is 7.89. The molecule has 0 fully saturated rings. The Morgan fingerprint density at radius 3 is 2.15 bits per heavy atom. The molecule has 4 nitrogen and oxygen atoms in total. The molecule has 0 aromatic heterocycles. The molecule has 1 N–H and O–H groups in total. The fourth-order valence-corrected chi connectivity index (χ4v) is 4.01. The van der Waals surface area contributed by atoms with Crippen LogP contribution in [0.1, 0.15) is 16.7 Å². The van der Waals surface area contributed by atoms with Crippen molar-refractivity contribution < 1.29 is 8.42 Å². The largest absolute Gasteiger partial charge is 0.381 e. The molecule has 0 radical (unpaired) electrons. The van der Waals surface area contributed by atoms with E-state index in [0.717, 1.165) is 11.3 Å². The van der Waals surface area contributed by atoms with Gasteiger partial charge in [0.15, 0.2) is 0 Å². The standard InChI is InChI=1S/C22H24N2O2S/c1-18-8-6-7-11-20(18)16-23-21-12-14-22(15-13-21)27(25,26)24(2)17-19-9-4-3-5-10-19/h3-15,23H,16-17H2,1-2H3. The van der Waals surface area contributed by atoms with Gasteiger partial charge in [-0.3, -0.25) is 0 Å². The highest BCUT2D eigenvalue weighted by atomic mass is 32.2. The van der Waals surface area contributed by atoms with Gasteiger partial charge in [-0.2, -0.15) is 4.31 Å². The van der Waals surface area contributed by atoms with Gasteiger partial charge in [0.05, 0.1) is 4.90 Å². The van der Waals surface area contributed by atoms with Crippen LogP contribution in [0, 0.1) is 6.92 Å². The van der Waals surface area contributed by atoms with E-state index in [1.807, 2.05) is 54.6 Å². The lowest BCUT2D eigenvalue weighted by Gasteiger charge is -2.17. The minimum Gasteiger partial charge on any atom is -0.381 e. The third-order valence-electron chi connectivity index (χ3n) is 4.55. The summed E-state index contributed by atoms with van der Waals surface area (Å²) in [6.45, 7) is 3.12. The summed E-state index contributed by atoms with van der Waals surface area (Å²) in [7, 11) is -1.92. The average Bonchev–Trinajstić information content (AvgIpc) is 2.68. The van der Waals surface area contributed by atoms with Gasteiger partial charge in [-0.05, 0) is 47.9 Å². The Balaban J connectivity index is 1.67. The smallest absolute Gasteiger partial charge is 0.243 e. The van der Waals surface area contributed by atoms with Gasteiger partial charge in [-0.15, -0.1) is 0 Å². The maximum absolute atomic E-state index is 12.8. The van der Waals surface area contributed by atoms with Gasteiger partial charge < -0.3 is 5.32 Å². The van der Waals surface area contributed by atoms with Crippen molar-refractivity contribution in [1.82, 2.24) is 4.31 Å². The lowest BCUT2D eigenvalue weighted by Crippen LogP contribution is -2.26. The first-order valence-electron chi connectivity index (χ1n) is 8.85. The van der Waals surface area contributed by atoms with Crippen molar-refractivity contribution in [1.29, 1.82) is 0 Å². The Hall–Kier alpha value is -2.63. The van der Waals surface area contributed by atoms with Crippen LogP contribution in [0.15, 0.2) is 83.8 Å². The molecule has 0 saturated heterocycles. The molecule has 0 aliphatic carbocycles. The van der Waals surface area contributed by atoms with Crippen LogP contribution >= 0.6 is 0 Å². The summed E-state index contributed by atoms with van der Waals surface area (Å²) in [5, 5.41) is 3.34. The zero-order valence-electron chi connectivity index (χ0n) is 15.6. The van der Waals surface area contributed by atoms with Gasteiger partial charge >= 0.3 is 0 Å². The molecule has 0 heterocycles. The second kappa shape index (κ2) is 8.37. The number of anilines is 1. The van der Waals surface area contributed by atoms with E-state index in [9.17, 15) is 8.42 Å². The maximum Gasteiger partial charge on any atom is 0.243 e. The lowest BCUT2D eigenvalue weighted by atomic mass is 10.1. The van der Waals surface area contributed by atoms with Crippen LogP contribution in [0.2, 0.25) is 0 Å². The van der Waals surface area contributed by atoms with E-state index < -0.39 is 10.0 Å². The van der Waals surface area contributed by atoms with Crippen molar-refractivity contribution in [2.24, 2.45) is 0 Å². The van der Waals surface area contributed by atoms with Crippen molar-refractivity contribution in [3.8, 4) is 0 Å². The third-order valence-corrected chi connectivity index (χ3v) is 6.37. The molecule has 0 atom stereocenters. The number of hydrogen-bond acceptors (Lipinski definition) is 3. The van der Waals surface area contributed by atoms with E-state index in [2.05, 4.69) is 24.4 Å². The Bertz CT molecular complexity index is 984. The number of nitrogens with one attached hydrogen (secondary N) is 1. The Labute approximate surface area is 161 Å². The zero-order valence-corrected chi connectivity index (χ0v) is 16.4. The molecule has 0 amide bonds. The number of nitrogens with zero attached hydrogens (tertiary/aromatic N) is 1. The van der Waals surface area contributed by atoms with Crippen molar-refractivity contribution >= 4 is 15.7 Å². The number of sulfonamides is 1. The summed E-state index contributed by atoms with van der Waals surface area (Å²) in [5.41, 5.74) is 4.30. The number of rotatable bonds is 7. The fraction of sp³-hybridized carbons (Fsp3) is 0.182. The van der Waals surface area contributed by atoms with E-state index in [4.69, 9.17) is 0 Å². The molecule has 0 bridgehead atoms. The highest BCUT2D eigenvalue weighted by Gasteiger charge is 2.20. The van der Waals surface area contributed by atoms with Crippen LogP contribution in [0.3, 0.4) is 0 Å². The normalized spacial score (nSPS) is 11.5. The highest BCUT2D eigenvalue weighted by Crippen LogP contribution is 2.20. The molecule has 140 valence electrons. The molecule has 0 saturated carbocycles. The second-order valence-corrected chi connectivity index (χ2v) is 8.60. The number of benzene rings is 3. The minimum atomic E-state index is -3.52. The molecule has 0 spiro atoms. The number of hydrogen-bond donors (Lipinski definition) is 1. The Kier molecular flexibility index (Phi) is 5.94. The zero-order chi connectivity index (χ0) is 19.3. The predicted molar refractivity (Wildman–Crippen MR) is 110 cm³/mol. The van der Waals surface area contributed by atoms with Crippen molar-refractivity contribution in [3.05, 3.63) is 95.6 Å². The molecule has 5 heteroatoms. The number of aryl methyl sites for hydroxylation is 1. The van der Waals surface area contributed by atoms with Gasteiger partial charge in [-0.25, -0.2) is 8.42 Å². The predicted octanol–water partition coefficient (Wildman–Crippen LogP) is 4.43. The Morgan fingerprint density at radius 2 is 1.48 bits per heavy atom. The maximum atomic E-state index is 12.8. The van der Waals surface area contributed by atoms with Crippen molar-refractivity contribution in [2.45, 2.75) is 24.9 Å². The third kappa shape index (κ3) is 4.76. The van der Waals surface area contributed by atoms with Crippen LogP contribution in [-0.2, 0) is 23.1 Å². The monoisotopic (exact) mass is 380 g/mol. The SMILES string of the molecule is Cc1ccccc1CNc1ccc(S(=O)(=O)N(C)Cc2ccccc2)cc1. The molecule has 27 heavy (non-hydrogen) atoms. The first-order valence-corrected chi connectivity index (χ1v) is 10.3. The summed E-state index contributed by atoms with van der Waals surface area (Å²) in [5.74, 6) is 0. The molecule has 0 aliphatic rings. The summed E-state index contributed by atoms with van der Waals surface area (Å²) in [4.78, 5) is 0.294. The summed E-state index contributed by atoms with van der Waals surface area (Å²) < 4.78 is 26.9. The molecule has 0 aliphatic heterocycles. The summed E-state index contributed by atoms with van der Waals surface area (Å²) in [6, 6.07) is 24.7. The first-order chi connectivity index (χ1) is 13.0. The Morgan fingerprint density at radius 1 is 0.852 bits per heavy atom. The molecule has 3 rings (SSSR count). The fourth-order valence-electron chi connectivity index (χ4n) is 2.86. The van der Waals surface area contributed by atoms with Crippen molar-refractivity contribution in [3.63, 3.8) is 0 Å². The topological polar surface area (TPSA) is 49.4 Å². The van der Waals surface area contributed by atoms with Gasteiger partial charge in [0.25, 0.3) is 0 Å². The van der Waals surface area contributed by atoms with Crippen molar-refractivity contribution in [2.75, 3.05) is 12.4 Å². The van der Waals surface area contributed by atoms with Gasteiger partial charge in [-0.1, -0.05) is 54.6 Å². The first kappa shape index (κ1) is 19.1. The van der Waals surface area contributed by atoms with Crippen LogP contribution in [-0.4, -0.2) is 19.8 Å². The van der Waals surface area contributed by atoms with Gasteiger partial charge in [0.2, 0.25) is 10.0 Å². The second-order valence-electron chi connectivity index (χ2n) is 6.55. The minimum absolute atomic E-state index is 0.294. The van der Waals surface area contributed by atoms with Gasteiger partial charge in [0.1, 0.15) is 0 Å². The van der Waals surface area contributed by atoms with E-state index in [1.165, 1.54) is 15.4 Å². The molecular weight excluding hydrogens is 356 g/mol. The van der Waals surface area contributed by atoms with E-state index in [-0.39, 0.29) is 0 Å². The average molecular weight is 381 g/mol. The summed E-state index contributed by atoms with van der Waals surface area (Å²) in [6.07, 6.45) is 0. The van der Waals surface area contributed by atoms with Crippen LogP contribution < -0.4 is 5.32 Å². The molecule has 3 aromatic carbocycles. The summed E-state index contributed by atoms with van der Waals surface area (Å²) >= 11 is 0. The van der Waals surface area contributed by atoms with E-state index in [1.54, 1.807) is 19.2 Å². The quantitative estimate of drug-likeness (QED) is 0.660. The lowest BCUT2D eigenvalue weighted by molar-refractivity contribution is 0.467. The van der Waals surface area contributed by atoms with E-state index >= 15 is 0 Å². The van der Waals surface area contributed by atoms with Gasteiger partial charge in [0, 0.05) is 25.8 Å².